The maximum atomic E-state index is 12.4. The van der Waals surface area contributed by atoms with Crippen LogP contribution in [0.4, 0.5) is 0 Å². The first-order valence-corrected chi connectivity index (χ1v) is 6.05. The maximum absolute atomic E-state index is 12.4. The summed E-state index contributed by atoms with van der Waals surface area (Å²) < 4.78 is 1.59. The number of carbonyl (C=O) groups is 1. The third kappa shape index (κ3) is 2.53. The average Bonchev–Trinajstić information content (AvgIpc) is 2.89. The zero-order chi connectivity index (χ0) is 14.7. The summed E-state index contributed by atoms with van der Waals surface area (Å²) in [6.45, 7) is 1.82. The Labute approximate surface area is 115 Å². The molecule has 2 aromatic rings. The lowest BCUT2D eigenvalue weighted by Crippen LogP contribution is -2.37. The van der Waals surface area contributed by atoms with Crippen LogP contribution < -0.4 is 5.73 Å². The molecule has 0 fully saturated rings. The van der Waals surface area contributed by atoms with Gasteiger partial charge in [-0.25, -0.2) is 4.52 Å². The number of hydrogen-bond donors (Lipinski definition) is 2. The zero-order valence-corrected chi connectivity index (χ0v) is 11.3. The lowest BCUT2D eigenvalue weighted by Gasteiger charge is -2.24. The van der Waals surface area contributed by atoms with Crippen molar-refractivity contribution >= 4 is 17.3 Å². The van der Waals surface area contributed by atoms with E-state index in [-0.39, 0.29) is 24.2 Å². The number of amides is 1. The zero-order valence-electron chi connectivity index (χ0n) is 11.3. The van der Waals surface area contributed by atoms with Crippen molar-refractivity contribution < 1.29 is 10.0 Å². The van der Waals surface area contributed by atoms with Crippen molar-refractivity contribution in [2.45, 2.75) is 19.4 Å². The summed E-state index contributed by atoms with van der Waals surface area (Å²) in [4.78, 5) is 18.0. The molecular formula is C12H16N6O2. The Hall–Kier alpha value is -2.64. The molecule has 0 saturated carbocycles. The Bertz CT molecular complexity index is 650. The molecule has 106 valence electrons. The van der Waals surface area contributed by atoms with Gasteiger partial charge in [-0.1, -0.05) is 5.16 Å². The van der Waals surface area contributed by atoms with Crippen molar-refractivity contribution in [3.05, 3.63) is 30.4 Å². The molecule has 1 unspecified atom stereocenters. The highest BCUT2D eigenvalue weighted by molar-refractivity contribution is 6.00. The lowest BCUT2D eigenvalue weighted by atomic mass is 10.1. The quantitative estimate of drug-likeness (QED) is 0.362. The van der Waals surface area contributed by atoms with Crippen LogP contribution in [0.1, 0.15) is 23.7 Å². The van der Waals surface area contributed by atoms with Gasteiger partial charge in [0.2, 0.25) is 0 Å². The minimum atomic E-state index is -0.204. The molecule has 0 radical (unpaired) electrons. The topological polar surface area (TPSA) is 109 Å². The Morgan fingerprint density at radius 1 is 1.60 bits per heavy atom. The van der Waals surface area contributed by atoms with Crippen LogP contribution >= 0.6 is 0 Å². The van der Waals surface area contributed by atoms with Crippen LogP contribution in [0.2, 0.25) is 0 Å². The van der Waals surface area contributed by atoms with Crippen LogP contribution in [-0.4, -0.2) is 49.5 Å². The van der Waals surface area contributed by atoms with Gasteiger partial charge in [0.05, 0.1) is 23.5 Å². The summed E-state index contributed by atoms with van der Waals surface area (Å²) in [5.41, 5.74) is 6.56. The van der Waals surface area contributed by atoms with Gasteiger partial charge >= 0.3 is 0 Å². The predicted molar refractivity (Wildman–Crippen MR) is 72.6 cm³/mol. The highest BCUT2D eigenvalue weighted by atomic mass is 16.4. The molecule has 1 amide bonds. The molecule has 2 rings (SSSR count). The maximum Gasteiger partial charge on any atom is 0.257 e. The molecule has 2 aromatic heterocycles. The van der Waals surface area contributed by atoms with Gasteiger partial charge in [0.25, 0.3) is 5.91 Å². The molecule has 1 atom stereocenters. The Morgan fingerprint density at radius 3 is 3.05 bits per heavy atom. The van der Waals surface area contributed by atoms with E-state index in [0.717, 1.165) is 0 Å². The normalized spacial score (nSPS) is 13.4. The summed E-state index contributed by atoms with van der Waals surface area (Å²) >= 11 is 0. The van der Waals surface area contributed by atoms with Crippen LogP contribution in [0.25, 0.3) is 5.52 Å². The second-order valence-electron chi connectivity index (χ2n) is 4.52. The van der Waals surface area contributed by atoms with Crippen LogP contribution in [0.15, 0.2) is 29.9 Å². The molecule has 0 aliphatic heterocycles. The Kier molecular flexibility index (Phi) is 3.83. The standard InChI is InChI=1S/C12H16N6O2/c1-8(5-11(13)16-20)17(2)12(19)9-6-15-18-4-3-14-7-10(9)18/h3-4,6-8,20H,5H2,1-2H3,(H2,13,16). The molecule has 2 heterocycles. The van der Waals surface area contributed by atoms with Crippen molar-refractivity contribution in [3.63, 3.8) is 0 Å². The van der Waals surface area contributed by atoms with E-state index in [1.165, 1.54) is 11.1 Å². The summed E-state index contributed by atoms with van der Waals surface area (Å²) in [5.74, 6) is -0.107. The Morgan fingerprint density at radius 2 is 2.35 bits per heavy atom. The fourth-order valence-corrected chi connectivity index (χ4v) is 1.87. The van der Waals surface area contributed by atoms with Crippen LogP contribution in [0, 0.1) is 0 Å². The van der Waals surface area contributed by atoms with E-state index in [4.69, 9.17) is 10.9 Å². The molecule has 0 aromatic carbocycles. The lowest BCUT2D eigenvalue weighted by molar-refractivity contribution is 0.0749. The first-order valence-electron chi connectivity index (χ1n) is 6.05. The largest absolute Gasteiger partial charge is 0.409 e. The first-order chi connectivity index (χ1) is 9.54. The molecule has 0 aliphatic rings. The average molecular weight is 276 g/mol. The predicted octanol–water partition coefficient (Wildman–Crippen LogP) is 0.326. The van der Waals surface area contributed by atoms with E-state index in [9.17, 15) is 4.79 Å². The van der Waals surface area contributed by atoms with E-state index in [1.54, 1.807) is 30.2 Å². The summed E-state index contributed by atoms with van der Waals surface area (Å²) in [6, 6.07) is -0.204. The minimum Gasteiger partial charge on any atom is -0.409 e. The van der Waals surface area contributed by atoms with E-state index in [1.807, 2.05) is 6.92 Å². The van der Waals surface area contributed by atoms with Gasteiger partial charge in [-0.15, -0.1) is 0 Å². The van der Waals surface area contributed by atoms with Crippen LogP contribution in [0.3, 0.4) is 0 Å². The van der Waals surface area contributed by atoms with Crippen molar-refractivity contribution in [1.29, 1.82) is 0 Å². The van der Waals surface area contributed by atoms with Gasteiger partial charge in [0, 0.05) is 31.9 Å². The van der Waals surface area contributed by atoms with Gasteiger partial charge in [-0.05, 0) is 6.92 Å². The van der Waals surface area contributed by atoms with Crippen molar-refractivity contribution in [1.82, 2.24) is 19.5 Å². The second-order valence-corrected chi connectivity index (χ2v) is 4.52. The van der Waals surface area contributed by atoms with Crippen molar-refractivity contribution in [2.24, 2.45) is 10.9 Å². The SMILES string of the molecule is CC(C/C(N)=N/O)N(C)C(=O)c1cnn2ccncc12. The monoisotopic (exact) mass is 276 g/mol. The molecule has 0 bridgehead atoms. The van der Waals surface area contributed by atoms with E-state index in [2.05, 4.69) is 15.2 Å². The van der Waals surface area contributed by atoms with Crippen LogP contribution in [-0.2, 0) is 0 Å². The molecule has 0 spiro atoms. The Balaban J connectivity index is 2.22. The third-order valence-electron chi connectivity index (χ3n) is 3.17. The molecule has 8 nitrogen and oxygen atoms in total. The van der Waals surface area contributed by atoms with E-state index < -0.39 is 0 Å². The van der Waals surface area contributed by atoms with Crippen molar-refractivity contribution in [2.75, 3.05) is 7.05 Å². The molecule has 0 saturated heterocycles. The van der Waals surface area contributed by atoms with E-state index in [0.29, 0.717) is 11.1 Å². The molecule has 3 N–H and O–H groups in total. The van der Waals surface area contributed by atoms with Crippen LogP contribution in [0.5, 0.6) is 0 Å². The molecular weight excluding hydrogens is 260 g/mol. The molecule has 8 heteroatoms. The van der Waals surface area contributed by atoms with Gasteiger partial charge in [-0.3, -0.25) is 9.78 Å². The number of fused-ring (bicyclic) bond motifs is 1. The van der Waals surface area contributed by atoms with E-state index >= 15 is 0 Å². The van der Waals surface area contributed by atoms with Crippen molar-refractivity contribution in [3.8, 4) is 0 Å². The van der Waals surface area contributed by atoms with Gasteiger partial charge in [-0.2, -0.15) is 5.10 Å². The number of nitrogens with zero attached hydrogens (tertiary/aromatic N) is 5. The minimum absolute atomic E-state index is 0.0821. The summed E-state index contributed by atoms with van der Waals surface area (Å²) in [7, 11) is 1.66. The number of amidine groups is 1. The number of nitrogens with two attached hydrogens (primary N) is 1. The molecule has 0 aliphatic carbocycles. The number of carbonyl (C=O) groups excluding carboxylic acids is 1. The van der Waals surface area contributed by atoms with Gasteiger partial charge < -0.3 is 15.8 Å². The molecule has 20 heavy (non-hydrogen) atoms. The summed E-state index contributed by atoms with van der Waals surface area (Å²) in [6.07, 6.45) is 6.65. The number of aromatic nitrogens is 3. The first kappa shape index (κ1) is 13.8. The highest BCUT2D eigenvalue weighted by Crippen LogP contribution is 2.13. The second kappa shape index (κ2) is 5.55. The fourth-order valence-electron chi connectivity index (χ4n) is 1.87. The third-order valence-corrected chi connectivity index (χ3v) is 3.17. The smallest absolute Gasteiger partial charge is 0.257 e. The van der Waals surface area contributed by atoms with Gasteiger partial charge in [0.15, 0.2) is 0 Å². The number of hydrogen-bond acceptors (Lipinski definition) is 5. The fraction of sp³-hybridized carbons (Fsp3) is 0.333. The summed E-state index contributed by atoms with van der Waals surface area (Å²) in [5, 5.41) is 15.6. The number of oxime groups is 1. The number of rotatable bonds is 4. The highest BCUT2D eigenvalue weighted by Gasteiger charge is 2.21. The van der Waals surface area contributed by atoms with Gasteiger partial charge in [0.1, 0.15) is 5.84 Å².